The molecule has 1 saturated heterocycles. The number of carbonyl (C=O) groups is 2. The number of halogens is 1. The third kappa shape index (κ3) is 5.71. The van der Waals surface area contributed by atoms with Crippen LogP contribution in [0, 0.1) is 5.92 Å². The van der Waals surface area contributed by atoms with Crippen molar-refractivity contribution in [3.05, 3.63) is 34.3 Å². The SMILES string of the molecule is CC1CCN(C(=O)C(CCc2ccccc2Br)N(C(=O)O)C(C)(C)C)CC1. The molecule has 1 unspecified atom stereocenters. The van der Waals surface area contributed by atoms with E-state index in [9.17, 15) is 14.7 Å². The summed E-state index contributed by atoms with van der Waals surface area (Å²) in [6, 6.07) is 7.21. The third-order valence-electron chi connectivity index (χ3n) is 5.27. The molecule has 150 valence electrons. The van der Waals surface area contributed by atoms with Gasteiger partial charge in [0, 0.05) is 23.1 Å². The first kappa shape index (κ1) is 21.7. The zero-order valence-electron chi connectivity index (χ0n) is 16.7. The van der Waals surface area contributed by atoms with Gasteiger partial charge >= 0.3 is 6.09 Å². The summed E-state index contributed by atoms with van der Waals surface area (Å²) in [5.74, 6) is 0.553. The summed E-state index contributed by atoms with van der Waals surface area (Å²) in [5.41, 5.74) is 0.435. The molecule has 1 aromatic carbocycles. The summed E-state index contributed by atoms with van der Waals surface area (Å²) in [6.45, 7) is 9.16. The zero-order valence-corrected chi connectivity index (χ0v) is 18.3. The Balaban J connectivity index is 2.25. The van der Waals surface area contributed by atoms with Gasteiger partial charge in [0.25, 0.3) is 0 Å². The fourth-order valence-corrected chi connectivity index (χ4v) is 4.17. The molecule has 0 aromatic heterocycles. The highest BCUT2D eigenvalue weighted by atomic mass is 79.9. The third-order valence-corrected chi connectivity index (χ3v) is 6.04. The molecular formula is C21H31BrN2O3. The zero-order chi connectivity index (χ0) is 20.2. The molecule has 1 aliphatic heterocycles. The molecule has 27 heavy (non-hydrogen) atoms. The van der Waals surface area contributed by atoms with Crippen LogP contribution in [-0.4, -0.2) is 51.6 Å². The van der Waals surface area contributed by atoms with E-state index in [0.717, 1.165) is 22.9 Å². The molecule has 1 N–H and O–H groups in total. The van der Waals surface area contributed by atoms with Crippen LogP contribution in [0.1, 0.15) is 52.5 Å². The first-order valence-electron chi connectivity index (χ1n) is 9.65. The van der Waals surface area contributed by atoms with Crippen LogP contribution in [0.5, 0.6) is 0 Å². The summed E-state index contributed by atoms with van der Waals surface area (Å²) >= 11 is 3.55. The molecule has 2 rings (SSSR count). The molecule has 6 heteroatoms. The first-order chi connectivity index (χ1) is 12.6. The molecule has 1 heterocycles. The number of amides is 2. The second-order valence-electron chi connectivity index (χ2n) is 8.48. The molecule has 2 amide bonds. The van der Waals surface area contributed by atoms with E-state index in [0.29, 0.717) is 31.8 Å². The van der Waals surface area contributed by atoms with Crippen LogP contribution < -0.4 is 0 Å². The Morgan fingerprint density at radius 3 is 2.37 bits per heavy atom. The van der Waals surface area contributed by atoms with Crippen molar-refractivity contribution in [3.8, 4) is 0 Å². The van der Waals surface area contributed by atoms with Gasteiger partial charge in [-0.3, -0.25) is 9.69 Å². The number of benzene rings is 1. The predicted molar refractivity (Wildman–Crippen MR) is 111 cm³/mol. The summed E-state index contributed by atoms with van der Waals surface area (Å²) in [4.78, 5) is 28.6. The number of rotatable bonds is 5. The molecule has 1 fully saturated rings. The topological polar surface area (TPSA) is 60.9 Å². The van der Waals surface area contributed by atoms with Gasteiger partial charge in [-0.1, -0.05) is 41.1 Å². The molecule has 5 nitrogen and oxygen atoms in total. The summed E-state index contributed by atoms with van der Waals surface area (Å²) in [6.07, 6.45) is 2.02. The fraction of sp³-hybridized carbons (Fsp3) is 0.619. The molecule has 0 aliphatic carbocycles. The monoisotopic (exact) mass is 438 g/mol. The molecule has 0 bridgehead atoms. The van der Waals surface area contributed by atoms with Crippen molar-refractivity contribution < 1.29 is 14.7 Å². The summed E-state index contributed by atoms with van der Waals surface area (Å²) in [5, 5.41) is 9.87. The van der Waals surface area contributed by atoms with Crippen molar-refractivity contribution in [1.82, 2.24) is 9.80 Å². The number of carbonyl (C=O) groups excluding carboxylic acids is 1. The van der Waals surface area contributed by atoms with E-state index < -0.39 is 17.7 Å². The van der Waals surface area contributed by atoms with Gasteiger partial charge in [0.15, 0.2) is 0 Å². The number of piperidine rings is 1. The minimum atomic E-state index is -1.04. The largest absolute Gasteiger partial charge is 0.465 e. The van der Waals surface area contributed by atoms with Crippen LogP contribution in [0.15, 0.2) is 28.7 Å². The summed E-state index contributed by atoms with van der Waals surface area (Å²) in [7, 11) is 0. The first-order valence-corrected chi connectivity index (χ1v) is 10.4. The van der Waals surface area contributed by atoms with Gasteiger partial charge in [0.2, 0.25) is 5.91 Å². The Morgan fingerprint density at radius 1 is 1.26 bits per heavy atom. The van der Waals surface area contributed by atoms with E-state index in [4.69, 9.17) is 0 Å². The second-order valence-corrected chi connectivity index (χ2v) is 9.33. The number of nitrogens with zero attached hydrogens (tertiary/aromatic N) is 2. The van der Waals surface area contributed by atoms with Crippen molar-refractivity contribution >= 4 is 27.9 Å². The van der Waals surface area contributed by atoms with Crippen LogP contribution in [0.4, 0.5) is 4.79 Å². The van der Waals surface area contributed by atoms with Gasteiger partial charge in [0.05, 0.1) is 0 Å². The van der Waals surface area contributed by atoms with Crippen LogP contribution in [0.3, 0.4) is 0 Å². The minimum Gasteiger partial charge on any atom is -0.465 e. The lowest BCUT2D eigenvalue weighted by Gasteiger charge is -2.42. The van der Waals surface area contributed by atoms with Gasteiger partial charge in [-0.2, -0.15) is 0 Å². The lowest BCUT2D eigenvalue weighted by Crippen LogP contribution is -2.58. The molecule has 0 spiro atoms. The number of aryl methyl sites for hydroxylation is 1. The van der Waals surface area contributed by atoms with Gasteiger partial charge in [-0.05, 0) is 64.0 Å². The van der Waals surface area contributed by atoms with Gasteiger partial charge in [-0.25, -0.2) is 4.79 Å². The van der Waals surface area contributed by atoms with Crippen molar-refractivity contribution in [2.75, 3.05) is 13.1 Å². The Kier molecular flexibility index (Phi) is 7.32. The van der Waals surface area contributed by atoms with Gasteiger partial charge in [0.1, 0.15) is 6.04 Å². The number of likely N-dealkylation sites (tertiary alicyclic amines) is 1. The number of hydrogen-bond acceptors (Lipinski definition) is 2. The van der Waals surface area contributed by atoms with E-state index in [1.165, 1.54) is 4.90 Å². The van der Waals surface area contributed by atoms with Crippen molar-refractivity contribution in [2.45, 2.75) is 65.0 Å². The molecule has 0 radical (unpaired) electrons. The average Bonchev–Trinajstić information content (AvgIpc) is 2.58. The fourth-order valence-electron chi connectivity index (χ4n) is 3.68. The molecule has 0 saturated carbocycles. The van der Waals surface area contributed by atoms with Crippen molar-refractivity contribution in [2.24, 2.45) is 5.92 Å². The smallest absolute Gasteiger partial charge is 0.408 e. The maximum absolute atomic E-state index is 13.3. The van der Waals surface area contributed by atoms with E-state index in [1.807, 2.05) is 49.9 Å². The van der Waals surface area contributed by atoms with Crippen LogP contribution in [0.2, 0.25) is 0 Å². The van der Waals surface area contributed by atoms with E-state index in [-0.39, 0.29) is 5.91 Å². The number of carboxylic acid groups (broad SMARTS) is 1. The predicted octanol–water partition coefficient (Wildman–Crippen LogP) is 4.79. The molecule has 1 aliphatic rings. The maximum atomic E-state index is 13.3. The molecular weight excluding hydrogens is 408 g/mol. The Labute approximate surface area is 170 Å². The lowest BCUT2D eigenvalue weighted by molar-refractivity contribution is -0.139. The molecule has 1 atom stereocenters. The maximum Gasteiger partial charge on any atom is 0.408 e. The van der Waals surface area contributed by atoms with E-state index >= 15 is 0 Å². The second kappa shape index (κ2) is 9.09. The Morgan fingerprint density at radius 2 is 1.85 bits per heavy atom. The standard InChI is InChI=1S/C21H31BrN2O3/c1-15-11-13-23(14-12-15)19(25)18(24(20(26)27)21(2,3)4)10-9-16-7-5-6-8-17(16)22/h5-8,15,18H,9-14H2,1-4H3,(H,26,27). The average molecular weight is 439 g/mol. The quantitative estimate of drug-likeness (QED) is 0.718. The van der Waals surface area contributed by atoms with Crippen molar-refractivity contribution in [3.63, 3.8) is 0 Å². The van der Waals surface area contributed by atoms with E-state index in [2.05, 4.69) is 22.9 Å². The van der Waals surface area contributed by atoms with Crippen molar-refractivity contribution in [1.29, 1.82) is 0 Å². The Bertz CT molecular complexity index is 664. The van der Waals surface area contributed by atoms with E-state index in [1.54, 1.807) is 0 Å². The Hall–Kier alpha value is -1.56. The molecule has 1 aromatic rings. The summed E-state index contributed by atoms with van der Waals surface area (Å²) < 4.78 is 0.987. The van der Waals surface area contributed by atoms with Crippen LogP contribution >= 0.6 is 15.9 Å². The van der Waals surface area contributed by atoms with Gasteiger partial charge < -0.3 is 10.0 Å². The van der Waals surface area contributed by atoms with Gasteiger partial charge in [-0.15, -0.1) is 0 Å². The number of hydrogen-bond donors (Lipinski definition) is 1. The normalized spacial score (nSPS) is 16.9. The minimum absolute atomic E-state index is 0.0636. The highest BCUT2D eigenvalue weighted by molar-refractivity contribution is 9.10. The highest BCUT2D eigenvalue weighted by Crippen LogP contribution is 2.26. The highest BCUT2D eigenvalue weighted by Gasteiger charge is 2.39. The lowest BCUT2D eigenvalue weighted by atomic mass is 9.95. The van der Waals surface area contributed by atoms with Crippen LogP contribution in [-0.2, 0) is 11.2 Å². The van der Waals surface area contributed by atoms with Crippen LogP contribution in [0.25, 0.3) is 0 Å².